The third-order valence-electron chi connectivity index (χ3n) is 3.91. The zero-order valence-corrected chi connectivity index (χ0v) is 14.8. The molecule has 0 radical (unpaired) electrons. The zero-order valence-electron chi connectivity index (χ0n) is 13.3. The summed E-state index contributed by atoms with van der Waals surface area (Å²) in [6.07, 6.45) is 2.55. The quantitative estimate of drug-likeness (QED) is 0.869. The number of benzene rings is 1. The highest BCUT2D eigenvalue weighted by atomic mass is 79.9. The highest BCUT2D eigenvalue weighted by Gasteiger charge is 2.21. The molecule has 4 heteroatoms. The van der Waals surface area contributed by atoms with E-state index in [4.69, 9.17) is 0 Å². The van der Waals surface area contributed by atoms with Gasteiger partial charge in [0.2, 0.25) is 0 Å². The minimum atomic E-state index is -0.190. The average Bonchev–Trinajstić information content (AvgIpc) is 2.40. The van der Waals surface area contributed by atoms with Crippen LogP contribution in [0.1, 0.15) is 39.2 Å². The molecule has 2 nitrogen and oxygen atoms in total. The number of piperidine rings is 1. The van der Waals surface area contributed by atoms with E-state index in [1.54, 1.807) is 6.07 Å². The summed E-state index contributed by atoms with van der Waals surface area (Å²) in [6, 6.07) is 5.32. The first-order chi connectivity index (χ1) is 9.83. The van der Waals surface area contributed by atoms with Gasteiger partial charge in [-0.15, -0.1) is 0 Å². The van der Waals surface area contributed by atoms with Gasteiger partial charge in [-0.1, -0.05) is 6.07 Å². The number of hydrogen-bond donors (Lipinski definition) is 1. The van der Waals surface area contributed by atoms with Crippen molar-refractivity contribution in [2.75, 3.05) is 19.6 Å². The number of halogens is 2. The van der Waals surface area contributed by atoms with Crippen LogP contribution < -0.4 is 5.32 Å². The Bertz CT molecular complexity index is 470. The fraction of sp³-hybridized carbons (Fsp3) is 0.647. The van der Waals surface area contributed by atoms with Gasteiger partial charge in [0, 0.05) is 18.6 Å². The van der Waals surface area contributed by atoms with Crippen LogP contribution in [0.3, 0.4) is 0 Å². The normalized spacial score (nSPS) is 20.7. The van der Waals surface area contributed by atoms with Crippen LogP contribution in [-0.4, -0.2) is 30.1 Å². The monoisotopic (exact) mass is 356 g/mol. The molecule has 1 aliphatic rings. The van der Waals surface area contributed by atoms with Gasteiger partial charge in [0.25, 0.3) is 0 Å². The summed E-state index contributed by atoms with van der Waals surface area (Å²) in [5.41, 5.74) is 1.36. The maximum absolute atomic E-state index is 13.3. The van der Waals surface area contributed by atoms with Crippen molar-refractivity contribution < 1.29 is 4.39 Å². The van der Waals surface area contributed by atoms with Crippen LogP contribution in [0, 0.1) is 11.7 Å². The second-order valence-electron chi connectivity index (χ2n) is 7.12. The van der Waals surface area contributed by atoms with Crippen molar-refractivity contribution in [1.82, 2.24) is 10.2 Å². The molecule has 1 saturated heterocycles. The van der Waals surface area contributed by atoms with Crippen molar-refractivity contribution in [2.45, 2.75) is 45.7 Å². The minimum absolute atomic E-state index is 0.185. The van der Waals surface area contributed by atoms with E-state index < -0.39 is 0 Å². The molecule has 0 bridgehead atoms. The van der Waals surface area contributed by atoms with Crippen LogP contribution in [0.5, 0.6) is 0 Å². The molecule has 1 aromatic carbocycles. The maximum Gasteiger partial charge on any atom is 0.137 e. The van der Waals surface area contributed by atoms with E-state index in [-0.39, 0.29) is 11.4 Å². The van der Waals surface area contributed by atoms with Crippen molar-refractivity contribution >= 4 is 15.9 Å². The molecule has 0 spiro atoms. The molecular formula is C17H26BrFN2. The molecule has 1 atom stereocenters. The predicted octanol–water partition coefficient (Wildman–Crippen LogP) is 4.19. The zero-order chi connectivity index (χ0) is 15.5. The molecule has 1 heterocycles. The topological polar surface area (TPSA) is 15.3 Å². The van der Waals surface area contributed by atoms with E-state index in [0.29, 0.717) is 10.4 Å². The van der Waals surface area contributed by atoms with Crippen molar-refractivity contribution in [1.29, 1.82) is 0 Å². The molecule has 118 valence electrons. The van der Waals surface area contributed by atoms with E-state index in [2.05, 4.69) is 46.9 Å². The number of nitrogens with zero attached hydrogens (tertiary/aromatic N) is 1. The lowest BCUT2D eigenvalue weighted by atomic mass is 9.96. The maximum atomic E-state index is 13.3. The highest BCUT2D eigenvalue weighted by Crippen LogP contribution is 2.21. The van der Waals surface area contributed by atoms with Crippen LogP contribution >= 0.6 is 15.9 Å². The Morgan fingerprint density at radius 2 is 2.14 bits per heavy atom. The molecule has 0 aromatic heterocycles. The SMILES string of the molecule is CC(C)(C)NCC1CCCN(Cc2ccc(F)c(Br)c2)C1. The summed E-state index contributed by atoms with van der Waals surface area (Å²) in [5, 5.41) is 3.61. The van der Waals surface area contributed by atoms with E-state index in [1.807, 2.05) is 12.1 Å². The van der Waals surface area contributed by atoms with Crippen molar-refractivity contribution in [3.8, 4) is 0 Å². The Morgan fingerprint density at radius 1 is 1.38 bits per heavy atom. The van der Waals surface area contributed by atoms with Gasteiger partial charge in [-0.25, -0.2) is 4.39 Å². The fourth-order valence-electron chi connectivity index (χ4n) is 2.81. The van der Waals surface area contributed by atoms with Crippen LogP contribution in [0.15, 0.2) is 22.7 Å². The minimum Gasteiger partial charge on any atom is -0.312 e. The molecule has 0 amide bonds. The van der Waals surface area contributed by atoms with Gasteiger partial charge in [0.05, 0.1) is 4.47 Å². The van der Waals surface area contributed by atoms with Crippen LogP contribution in [0.2, 0.25) is 0 Å². The van der Waals surface area contributed by atoms with Crippen LogP contribution in [0.25, 0.3) is 0 Å². The molecule has 1 aliphatic heterocycles. The Balaban J connectivity index is 1.87. The van der Waals surface area contributed by atoms with E-state index in [0.717, 1.165) is 26.2 Å². The number of nitrogens with one attached hydrogen (secondary N) is 1. The lowest BCUT2D eigenvalue weighted by Gasteiger charge is -2.34. The molecule has 1 N–H and O–H groups in total. The van der Waals surface area contributed by atoms with Crippen molar-refractivity contribution in [3.05, 3.63) is 34.1 Å². The first-order valence-electron chi connectivity index (χ1n) is 7.75. The van der Waals surface area contributed by atoms with Crippen molar-refractivity contribution in [2.24, 2.45) is 5.92 Å². The molecule has 0 aliphatic carbocycles. The Hall–Kier alpha value is -0.450. The van der Waals surface area contributed by atoms with Gasteiger partial charge in [0.1, 0.15) is 5.82 Å². The molecule has 21 heavy (non-hydrogen) atoms. The first kappa shape index (κ1) is 16.9. The fourth-order valence-corrected chi connectivity index (χ4v) is 3.23. The summed E-state index contributed by atoms with van der Waals surface area (Å²) in [6.45, 7) is 10.9. The summed E-state index contributed by atoms with van der Waals surface area (Å²) in [7, 11) is 0. The molecular weight excluding hydrogens is 331 g/mol. The van der Waals surface area contributed by atoms with E-state index in [9.17, 15) is 4.39 Å². The van der Waals surface area contributed by atoms with Gasteiger partial charge in [-0.2, -0.15) is 0 Å². The van der Waals surface area contributed by atoms with Crippen LogP contribution in [-0.2, 0) is 6.54 Å². The summed E-state index contributed by atoms with van der Waals surface area (Å²) in [5.74, 6) is 0.520. The van der Waals surface area contributed by atoms with Gasteiger partial charge in [-0.05, 0) is 86.2 Å². The second kappa shape index (κ2) is 7.21. The van der Waals surface area contributed by atoms with Gasteiger partial charge in [-0.3, -0.25) is 4.90 Å². The lowest BCUT2D eigenvalue weighted by molar-refractivity contribution is 0.159. The summed E-state index contributed by atoms with van der Waals surface area (Å²) >= 11 is 3.27. The number of rotatable bonds is 4. The molecule has 1 aromatic rings. The number of hydrogen-bond acceptors (Lipinski definition) is 2. The molecule has 2 rings (SSSR count). The lowest BCUT2D eigenvalue weighted by Crippen LogP contribution is -2.44. The molecule has 1 unspecified atom stereocenters. The van der Waals surface area contributed by atoms with E-state index >= 15 is 0 Å². The highest BCUT2D eigenvalue weighted by molar-refractivity contribution is 9.10. The largest absolute Gasteiger partial charge is 0.312 e. The average molecular weight is 357 g/mol. The smallest absolute Gasteiger partial charge is 0.137 e. The molecule has 0 saturated carbocycles. The third kappa shape index (κ3) is 5.68. The number of likely N-dealkylation sites (tertiary alicyclic amines) is 1. The molecule has 1 fully saturated rings. The second-order valence-corrected chi connectivity index (χ2v) is 7.98. The van der Waals surface area contributed by atoms with Gasteiger partial charge in [0.15, 0.2) is 0 Å². The third-order valence-corrected chi connectivity index (χ3v) is 4.52. The Labute approximate surface area is 136 Å². The predicted molar refractivity (Wildman–Crippen MR) is 89.9 cm³/mol. The van der Waals surface area contributed by atoms with E-state index in [1.165, 1.54) is 18.4 Å². The Morgan fingerprint density at radius 3 is 2.81 bits per heavy atom. The summed E-state index contributed by atoms with van der Waals surface area (Å²) in [4.78, 5) is 2.48. The first-order valence-corrected chi connectivity index (χ1v) is 8.54. The van der Waals surface area contributed by atoms with Crippen molar-refractivity contribution in [3.63, 3.8) is 0 Å². The Kier molecular flexibility index (Phi) is 5.81. The van der Waals surface area contributed by atoms with Crippen LogP contribution in [0.4, 0.5) is 4.39 Å². The van der Waals surface area contributed by atoms with Gasteiger partial charge >= 0.3 is 0 Å². The van der Waals surface area contributed by atoms with Gasteiger partial charge < -0.3 is 5.32 Å². The standard InChI is InChI=1S/C17H26BrFN2/c1-17(2,3)20-10-14-5-4-8-21(12-14)11-13-6-7-16(19)15(18)9-13/h6-7,9,14,20H,4-5,8,10-12H2,1-3H3. The summed E-state index contributed by atoms with van der Waals surface area (Å²) < 4.78 is 13.8.